The number of carbonyl (C=O) groups is 1. The van der Waals surface area contributed by atoms with E-state index < -0.39 is 0 Å². The number of hydrogen-bond donors (Lipinski definition) is 0. The molecule has 0 unspecified atom stereocenters. The zero-order valence-electron chi connectivity index (χ0n) is 15.8. The Hall–Kier alpha value is -2.74. The zero-order valence-corrected chi connectivity index (χ0v) is 15.8. The fourth-order valence-corrected chi connectivity index (χ4v) is 3.58. The van der Waals surface area contributed by atoms with E-state index in [1.165, 1.54) is 0 Å². The van der Waals surface area contributed by atoms with Gasteiger partial charge in [0.05, 0.1) is 17.8 Å². The standard InChI is InChI=1S/C19H24N6O2/c1-14-16-5-3-4-6-18(16)25(20-14)8-7-19(26)24-11-9-23(10-12-24)13-17-15(2)21-27-22-17/h3-6H,7-13H2,1-2H3. The normalized spacial score (nSPS) is 15.6. The first kappa shape index (κ1) is 17.7. The number of para-hydroxylation sites is 1. The van der Waals surface area contributed by atoms with Gasteiger partial charge in [0.2, 0.25) is 5.91 Å². The lowest BCUT2D eigenvalue weighted by Crippen LogP contribution is -2.48. The summed E-state index contributed by atoms with van der Waals surface area (Å²) in [6, 6.07) is 8.15. The van der Waals surface area contributed by atoms with E-state index in [0.29, 0.717) is 13.0 Å². The van der Waals surface area contributed by atoms with Gasteiger partial charge in [-0.05, 0) is 19.9 Å². The molecule has 0 aliphatic carbocycles. The number of carbonyl (C=O) groups excluding carboxylic acids is 1. The minimum Gasteiger partial charge on any atom is -0.340 e. The van der Waals surface area contributed by atoms with Gasteiger partial charge in [-0.1, -0.05) is 28.5 Å². The molecule has 0 N–H and O–H groups in total. The van der Waals surface area contributed by atoms with Gasteiger partial charge in [0, 0.05) is 44.5 Å². The predicted molar refractivity (Wildman–Crippen MR) is 100.0 cm³/mol. The molecule has 1 aromatic carbocycles. The second-order valence-electron chi connectivity index (χ2n) is 7.03. The van der Waals surface area contributed by atoms with Crippen LogP contribution in [0.15, 0.2) is 28.9 Å². The number of aromatic nitrogens is 4. The highest BCUT2D eigenvalue weighted by atomic mass is 16.6. The first-order valence-corrected chi connectivity index (χ1v) is 9.32. The number of hydrogen-bond acceptors (Lipinski definition) is 6. The lowest BCUT2D eigenvalue weighted by molar-refractivity contribution is -0.133. The van der Waals surface area contributed by atoms with Crippen molar-refractivity contribution in [2.24, 2.45) is 0 Å². The topological polar surface area (TPSA) is 80.3 Å². The molecule has 0 bridgehead atoms. The van der Waals surface area contributed by atoms with E-state index in [4.69, 9.17) is 4.63 Å². The monoisotopic (exact) mass is 368 g/mol. The highest BCUT2D eigenvalue weighted by molar-refractivity contribution is 5.82. The number of piperazine rings is 1. The molecule has 3 aromatic rings. The van der Waals surface area contributed by atoms with Crippen LogP contribution in [0.25, 0.3) is 10.9 Å². The predicted octanol–water partition coefficient (Wildman–Crippen LogP) is 1.77. The van der Waals surface area contributed by atoms with Crippen LogP contribution in [-0.4, -0.2) is 62.0 Å². The van der Waals surface area contributed by atoms with Crippen molar-refractivity contribution in [3.63, 3.8) is 0 Å². The van der Waals surface area contributed by atoms with Crippen LogP contribution in [0.3, 0.4) is 0 Å². The van der Waals surface area contributed by atoms with Crippen LogP contribution in [-0.2, 0) is 17.9 Å². The molecule has 1 fully saturated rings. The van der Waals surface area contributed by atoms with Crippen molar-refractivity contribution in [2.75, 3.05) is 26.2 Å². The fraction of sp³-hybridized carbons (Fsp3) is 0.474. The van der Waals surface area contributed by atoms with Crippen LogP contribution in [0.5, 0.6) is 0 Å². The molecule has 1 amide bonds. The van der Waals surface area contributed by atoms with Crippen molar-refractivity contribution >= 4 is 16.8 Å². The summed E-state index contributed by atoms with van der Waals surface area (Å²) in [5.74, 6) is 0.186. The van der Waals surface area contributed by atoms with Crippen LogP contribution in [0.2, 0.25) is 0 Å². The van der Waals surface area contributed by atoms with Gasteiger partial charge in [0.15, 0.2) is 0 Å². The molecule has 4 rings (SSSR count). The molecular weight excluding hydrogens is 344 g/mol. The number of fused-ring (bicyclic) bond motifs is 1. The third kappa shape index (κ3) is 3.71. The Morgan fingerprint density at radius 3 is 2.59 bits per heavy atom. The lowest BCUT2D eigenvalue weighted by atomic mass is 10.2. The maximum atomic E-state index is 12.6. The van der Waals surface area contributed by atoms with Gasteiger partial charge in [-0.15, -0.1) is 0 Å². The van der Waals surface area contributed by atoms with E-state index in [-0.39, 0.29) is 5.91 Å². The Morgan fingerprint density at radius 2 is 1.85 bits per heavy atom. The maximum absolute atomic E-state index is 12.6. The van der Waals surface area contributed by atoms with E-state index in [0.717, 1.165) is 60.7 Å². The Labute approximate surface area is 157 Å². The quantitative estimate of drug-likeness (QED) is 0.683. The fourth-order valence-electron chi connectivity index (χ4n) is 3.58. The third-order valence-corrected chi connectivity index (χ3v) is 5.22. The van der Waals surface area contributed by atoms with Crippen LogP contribution in [0, 0.1) is 13.8 Å². The molecule has 0 atom stereocenters. The van der Waals surface area contributed by atoms with Crippen LogP contribution in [0.4, 0.5) is 0 Å². The van der Waals surface area contributed by atoms with Crippen LogP contribution in [0.1, 0.15) is 23.5 Å². The van der Waals surface area contributed by atoms with E-state index in [2.05, 4.69) is 32.4 Å². The van der Waals surface area contributed by atoms with Gasteiger partial charge in [0.25, 0.3) is 0 Å². The first-order valence-electron chi connectivity index (χ1n) is 9.32. The maximum Gasteiger partial charge on any atom is 0.224 e. The number of rotatable bonds is 5. The molecule has 0 saturated carbocycles. The van der Waals surface area contributed by atoms with Crippen LogP contribution < -0.4 is 0 Å². The number of aryl methyl sites for hydroxylation is 3. The van der Waals surface area contributed by atoms with Crippen molar-refractivity contribution in [2.45, 2.75) is 33.4 Å². The molecule has 1 aliphatic heterocycles. The molecule has 1 aliphatic rings. The van der Waals surface area contributed by atoms with E-state index in [1.54, 1.807) is 0 Å². The van der Waals surface area contributed by atoms with Crippen LogP contribution >= 0.6 is 0 Å². The van der Waals surface area contributed by atoms with Gasteiger partial charge in [-0.2, -0.15) is 5.10 Å². The van der Waals surface area contributed by atoms with Crippen molar-refractivity contribution in [3.05, 3.63) is 41.3 Å². The van der Waals surface area contributed by atoms with Gasteiger partial charge < -0.3 is 4.90 Å². The molecule has 1 saturated heterocycles. The zero-order chi connectivity index (χ0) is 18.8. The summed E-state index contributed by atoms with van der Waals surface area (Å²) < 4.78 is 6.70. The smallest absolute Gasteiger partial charge is 0.224 e. The number of nitrogens with zero attached hydrogens (tertiary/aromatic N) is 6. The summed E-state index contributed by atoms with van der Waals surface area (Å²) in [6.45, 7) is 8.37. The SMILES string of the molecule is Cc1nonc1CN1CCN(C(=O)CCn2nc(C)c3ccccc32)CC1. The Morgan fingerprint density at radius 1 is 1.07 bits per heavy atom. The Balaban J connectivity index is 1.30. The molecule has 3 heterocycles. The summed E-state index contributed by atoms with van der Waals surface area (Å²) in [5, 5.41) is 13.5. The van der Waals surface area contributed by atoms with Gasteiger partial charge >= 0.3 is 0 Å². The number of amides is 1. The van der Waals surface area contributed by atoms with Crippen molar-refractivity contribution < 1.29 is 9.42 Å². The number of benzene rings is 1. The van der Waals surface area contributed by atoms with E-state index in [9.17, 15) is 4.79 Å². The lowest BCUT2D eigenvalue weighted by Gasteiger charge is -2.34. The third-order valence-electron chi connectivity index (χ3n) is 5.22. The van der Waals surface area contributed by atoms with Gasteiger partial charge in [0.1, 0.15) is 11.4 Å². The summed E-state index contributed by atoms with van der Waals surface area (Å²) >= 11 is 0. The highest BCUT2D eigenvalue weighted by Crippen LogP contribution is 2.18. The van der Waals surface area contributed by atoms with Crippen molar-refractivity contribution in [3.8, 4) is 0 Å². The molecule has 0 radical (unpaired) electrons. The molecule has 8 heteroatoms. The summed E-state index contributed by atoms with van der Waals surface area (Å²) in [6.07, 6.45) is 0.470. The minimum absolute atomic E-state index is 0.186. The van der Waals surface area contributed by atoms with Gasteiger partial charge in [-0.3, -0.25) is 14.4 Å². The second kappa shape index (κ2) is 7.48. The summed E-state index contributed by atoms with van der Waals surface area (Å²) in [4.78, 5) is 16.8. The molecule has 8 nitrogen and oxygen atoms in total. The average Bonchev–Trinajstić information content (AvgIpc) is 3.24. The molecular formula is C19H24N6O2. The molecule has 142 valence electrons. The molecule has 2 aromatic heterocycles. The molecule has 0 spiro atoms. The van der Waals surface area contributed by atoms with E-state index in [1.807, 2.05) is 35.6 Å². The first-order chi connectivity index (χ1) is 13.1. The van der Waals surface area contributed by atoms with E-state index >= 15 is 0 Å². The summed E-state index contributed by atoms with van der Waals surface area (Å²) in [5.41, 5.74) is 3.79. The largest absolute Gasteiger partial charge is 0.340 e. The Bertz CT molecular complexity index is 939. The summed E-state index contributed by atoms with van der Waals surface area (Å²) in [7, 11) is 0. The van der Waals surface area contributed by atoms with Crippen molar-refractivity contribution in [1.29, 1.82) is 0 Å². The van der Waals surface area contributed by atoms with Gasteiger partial charge in [-0.25, -0.2) is 4.63 Å². The highest BCUT2D eigenvalue weighted by Gasteiger charge is 2.22. The second-order valence-corrected chi connectivity index (χ2v) is 7.03. The van der Waals surface area contributed by atoms with Crippen molar-refractivity contribution in [1.82, 2.24) is 29.9 Å². The molecule has 27 heavy (non-hydrogen) atoms. The minimum atomic E-state index is 0.186. The average molecular weight is 368 g/mol. The Kier molecular flexibility index (Phi) is 4.89.